The molecule has 1 aromatic heterocycles. The molecule has 0 saturated carbocycles. The van der Waals surface area contributed by atoms with Crippen LogP contribution in [0, 0.1) is 12.3 Å². The number of furan rings is 1. The second-order valence-corrected chi connectivity index (χ2v) is 3.69. The Hall–Kier alpha value is -1.73. The highest BCUT2D eigenvalue weighted by molar-refractivity contribution is 5.84. The van der Waals surface area contributed by atoms with Gasteiger partial charge in [-0.25, -0.2) is 4.79 Å². The maximum absolute atomic E-state index is 10.5. The van der Waals surface area contributed by atoms with Gasteiger partial charge in [-0.15, -0.1) is 6.42 Å². The van der Waals surface area contributed by atoms with E-state index in [0.29, 0.717) is 12.3 Å². The van der Waals surface area contributed by atoms with Crippen LogP contribution in [0.1, 0.15) is 30.2 Å². The molecular weight excluding hydrogens is 194 g/mol. The van der Waals surface area contributed by atoms with E-state index in [1.807, 2.05) is 13.8 Å². The van der Waals surface area contributed by atoms with Crippen LogP contribution in [-0.2, 0) is 6.54 Å². The Kier molecular flexibility index (Phi) is 3.17. The predicted octanol–water partition coefficient (Wildman–Crippen LogP) is 1.48. The van der Waals surface area contributed by atoms with Crippen LogP contribution in [0.15, 0.2) is 16.5 Å². The van der Waals surface area contributed by atoms with Crippen molar-refractivity contribution in [2.75, 3.05) is 0 Å². The van der Waals surface area contributed by atoms with Gasteiger partial charge >= 0.3 is 5.97 Å². The number of carboxylic acids is 1. The first-order valence-corrected chi connectivity index (χ1v) is 4.49. The Bertz CT molecular complexity index is 398. The second kappa shape index (κ2) is 4.20. The van der Waals surface area contributed by atoms with Gasteiger partial charge in [-0.1, -0.05) is 5.92 Å². The summed E-state index contributed by atoms with van der Waals surface area (Å²) in [6.45, 7) is 4.12. The van der Waals surface area contributed by atoms with Crippen LogP contribution in [0.25, 0.3) is 0 Å². The van der Waals surface area contributed by atoms with Crippen LogP contribution in [0.5, 0.6) is 0 Å². The SMILES string of the molecule is C#CC(C)(C)NCc1ccc(C(=O)O)o1. The zero-order valence-corrected chi connectivity index (χ0v) is 8.70. The molecule has 15 heavy (non-hydrogen) atoms. The van der Waals surface area contributed by atoms with Crippen molar-refractivity contribution < 1.29 is 14.3 Å². The molecule has 1 heterocycles. The predicted molar refractivity (Wildman–Crippen MR) is 55.4 cm³/mol. The molecule has 4 heteroatoms. The van der Waals surface area contributed by atoms with Crippen molar-refractivity contribution in [1.82, 2.24) is 5.32 Å². The largest absolute Gasteiger partial charge is 0.475 e. The third-order valence-electron chi connectivity index (χ3n) is 1.94. The van der Waals surface area contributed by atoms with Crippen molar-refractivity contribution >= 4 is 5.97 Å². The average molecular weight is 207 g/mol. The molecule has 0 atom stereocenters. The topological polar surface area (TPSA) is 62.5 Å². The van der Waals surface area contributed by atoms with Gasteiger partial charge in [-0.2, -0.15) is 0 Å². The summed E-state index contributed by atoms with van der Waals surface area (Å²) in [6, 6.07) is 3.03. The van der Waals surface area contributed by atoms with Gasteiger partial charge in [-0.3, -0.25) is 5.32 Å². The first-order valence-electron chi connectivity index (χ1n) is 4.49. The van der Waals surface area contributed by atoms with E-state index in [1.165, 1.54) is 6.07 Å². The van der Waals surface area contributed by atoms with E-state index in [9.17, 15) is 4.79 Å². The van der Waals surface area contributed by atoms with Crippen LogP contribution in [0.4, 0.5) is 0 Å². The van der Waals surface area contributed by atoms with Crippen LogP contribution in [0.3, 0.4) is 0 Å². The monoisotopic (exact) mass is 207 g/mol. The summed E-state index contributed by atoms with van der Waals surface area (Å²) in [4.78, 5) is 10.5. The maximum Gasteiger partial charge on any atom is 0.371 e. The van der Waals surface area contributed by atoms with E-state index < -0.39 is 11.5 Å². The quantitative estimate of drug-likeness (QED) is 0.734. The van der Waals surface area contributed by atoms with E-state index >= 15 is 0 Å². The molecule has 0 bridgehead atoms. The molecule has 1 aromatic rings. The number of nitrogens with one attached hydrogen (secondary N) is 1. The van der Waals surface area contributed by atoms with Gasteiger partial charge in [0.15, 0.2) is 0 Å². The lowest BCUT2D eigenvalue weighted by molar-refractivity contribution is 0.0660. The number of aromatic carboxylic acids is 1. The Morgan fingerprint density at radius 1 is 1.67 bits per heavy atom. The smallest absolute Gasteiger partial charge is 0.371 e. The molecule has 2 N–H and O–H groups in total. The summed E-state index contributed by atoms with van der Waals surface area (Å²) in [5.74, 6) is 1.99. The first kappa shape index (κ1) is 11.3. The van der Waals surface area contributed by atoms with Crippen LogP contribution >= 0.6 is 0 Å². The molecule has 1 rings (SSSR count). The molecular formula is C11H13NO3. The van der Waals surface area contributed by atoms with Crippen LogP contribution in [-0.4, -0.2) is 16.6 Å². The fourth-order valence-corrected chi connectivity index (χ4v) is 0.947. The summed E-state index contributed by atoms with van der Waals surface area (Å²) in [6.07, 6.45) is 5.29. The van der Waals surface area contributed by atoms with Crippen LogP contribution in [0.2, 0.25) is 0 Å². The molecule has 80 valence electrons. The van der Waals surface area contributed by atoms with Crippen molar-refractivity contribution in [3.63, 3.8) is 0 Å². The molecule has 0 fully saturated rings. The van der Waals surface area contributed by atoms with Gasteiger partial charge in [0.25, 0.3) is 0 Å². The van der Waals surface area contributed by atoms with E-state index in [2.05, 4.69) is 11.2 Å². The highest BCUT2D eigenvalue weighted by Crippen LogP contribution is 2.09. The third kappa shape index (κ3) is 3.15. The fourth-order valence-electron chi connectivity index (χ4n) is 0.947. The summed E-state index contributed by atoms with van der Waals surface area (Å²) in [7, 11) is 0. The van der Waals surface area contributed by atoms with Crippen molar-refractivity contribution in [2.24, 2.45) is 0 Å². The molecule has 0 saturated heterocycles. The normalized spacial score (nSPS) is 11.0. The Morgan fingerprint density at radius 2 is 2.33 bits per heavy atom. The molecule has 0 amide bonds. The van der Waals surface area contributed by atoms with Gasteiger partial charge in [0.2, 0.25) is 5.76 Å². The van der Waals surface area contributed by atoms with Gasteiger partial charge in [0.05, 0.1) is 12.1 Å². The lowest BCUT2D eigenvalue weighted by Crippen LogP contribution is -2.36. The highest BCUT2D eigenvalue weighted by atomic mass is 16.4. The zero-order valence-electron chi connectivity index (χ0n) is 8.70. The van der Waals surface area contributed by atoms with Crippen molar-refractivity contribution in [3.05, 3.63) is 23.7 Å². The number of terminal acetylenes is 1. The summed E-state index contributed by atoms with van der Waals surface area (Å²) in [5.41, 5.74) is -0.434. The van der Waals surface area contributed by atoms with Gasteiger partial charge in [-0.05, 0) is 26.0 Å². The van der Waals surface area contributed by atoms with E-state index in [-0.39, 0.29) is 5.76 Å². The molecule has 0 unspecified atom stereocenters. The molecule has 0 aliphatic heterocycles. The Morgan fingerprint density at radius 3 is 2.80 bits per heavy atom. The summed E-state index contributed by atoms with van der Waals surface area (Å²) in [5, 5.41) is 11.7. The number of carbonyl (C=O) groups is 1. The lowest BCUT2D eigenvalue weighted by atomic mass is 10.1. The third-order valence-corrected chi connectivity index (χ3v) is 1.94. The molecule has 4 nitrogen and oxygen atoms in total. The van der Waals surface area contributed by atoms with Gasteiger partial charge < -0.3 is 9.52 Å². The van der Waals surface area contributed by atoms with Gasteiger partial charge in [0, 0.05) is 0 Å². The zero-order chi connectivity index (χ0) is 11.5. The number of hydrogen-bond donors (Lipinski definition) is 2. The van der Waals surface area contributed by atoms with Gasteiger partial charge in [0.1, 0.15) is 5.76 Å². The van der Waals surface area contributed by atoms with E-state index in [0.717, 1.165) is 0 Å². The van der Waals surface area contributed by atoms with Crippen molar-refractivity contribution in [3.8, 4) is 12.3 Å². The molecule has 0 aromatic carbocycles. The van der Waals surface area contributed by atoms with Crippen molar-refractivity contribution in [1.29, 1.82) is 0 Å². The van der Waals surface area contributed by atoms with E-state index in [1.54, 1.807) is 6.07 Å². The minimum atomic E-state index is -1.07. The minimum absolute atomic E-state index is 0.0645. The van der Waals surface area contributed by atoms with Crippen molar-refractivity contribution in [2.45, 2.75) is 25.9 Å². The average Bonchev–Trinajstić information content (AvgIpc) is 2.63. The lowest BCUT2D eigenvalue weighted by Gasteiger charge is -2.18. The van der Waals surface area contributed by atoms with E-state index in [4.69, 9.17) is 15.9 Å². The summed E-state index contributed by atoms with van der Waals surface area (Å²) < 4.78 is 5.05. The molecule has 0 aliphatic carbocycles. The maximum atomic E-state index is 10.5. The summed E-state index contributed by atoms with van der Waals surface area (Å²) >= 11 is 0. The second-order valence-electron chi connectivity index (χ2n) is 3.69. The fraction of sp³-hybridized carbons (Fsp3) is 0.364. The molecule has 0 aliphatic rings. The van der Waals surface area contributed by atoms with Crippen LogP contribution < -0.4 is 5.32 Å². The number of carboxylic acid groups (broad SMARTS) is 1. The standard InChI is InChI=1S/C11H13NO3/c1-4-11(2,3)12-7-8-5-6-9(15-8)10(13)14/h1,5-6,12H,7H2,2-3H3,(H,13,14). The molecule has 0 spiro atoms. The number of rotatable bonds is 4. The highest BCUT2D eigenvalue weighted by Gasteiger charge is 2.14. The molecule has 0 radical (unpaired) electrons. The Labute approximate surface area is 88.3 Å². The number of hydrogen-bond acceptors (Lipinski definition) is 3. The Balaban J connectivity index is 2.60. The minimum Gasteiger partial charge on any atom is -0.475 e. The first-order chi connectivity index (χ1) is 6.94.